The van der Waals surface area contributed by atoms with Crippen LogP contribution in [0, 0.1) is 11.6 Å². The molecule has 1 fully saturated rings. The van der Waals surface area contributed by atoms with Gasteiger partial charge in [-0.3, -0.25) is 4.79 Å². The van der Waals surface area contributed by atoms with Gasteiger partial charge in [-0.05, 0) is 29.3 Å². The van der Waals surface area contributed by atoms with Crippen molar-refractivity contribution < 1.29 is 33.0 Å². The summed E-state index contributed by atoms with van der Waals surface area (Å²) in [5.74, 6) is -2.21. The fourth-order valence-electron chi connectivity index (χ4n) is 3.27. The summed E-state index contributed by atoms with van der Waals surface area (Å²) in [5, 5.41) is 9.93. The first kappa shape index (κ1) is 20.7. The first-order chi connectivity index (χ1) is 13.9. The Balaban J connectivity index is 1.64. The predicted molar refractivity (Wildman–Crippen MR) is 99.0 cm³/mol. The van der Waals surface area contributed by atoms with E-state index in [0.717, 1.165) is 0 Å². The highest BCUT2D eigenvalue weighted by atomic mass is 19.1. The third-order valence-corrected chi connectivity index (χ3v) is 4.77. The van der Waals surface area contributed by atoms with Crippen LogP contribution in [0.2, 0.25) is 0 Å². The molecule has 1 aliphatic rings. The van der Waals surface area contributed by atoms with Crippen molar-refractivity contribution in [2.24, 2.45) is 0 Å². The van der Waals surface area contributed by atoms with Crippen LogP contribution in [0.5, 0.6) is 5.75 Å². The van der Waals surface area contributed by atoms with Crippen LogP contribution >= 0.6 is 0 Å². The zero-order valence-electron chi connectivity index (χ0n) is 15.8. The number of methoxy groups -OCH3 is 1. The minimum atomic E-state index is -0.979. The zero-order valence-corrected chi connectivity index (χ0v) is 15.8. The number of halogens is 2. The Bertz CT molecular complexity index is 904. The summed E-state index contributed by atoms with van der Waals surface area (Å²) in [5.41, 5.74) is 0.624. The number of hydrogen-bond acceptors (Lipinski definition) is 5. The molecule has 1 amide bonds. The summed E-state index contributed by atoms with van der Waals surface area (Å²) in [4.78, 5) is 26.3. The fourth-order valence-corrected chi connectivity index (χ4v) is 3.27. The second kappa shape index (κ2) is 9.00. The van der Waals surface area contributed by atoms with Crippen molar-refractivity contribution in [3.63, 3.8) is 0 Å². The van der Waals surface area contributed by atoms with Crippen molar-refractivity contribution >= 4 is 11.9 Å². The van der Waals surface area contributed by atoms with E-state index >= 15 is 0 Å². The molecule has 2 aromatic carbocycles. The summed E-state index contributed by atoms with van der Waals surface area (Å²) < 4.78 is 37.6. The molecule has 2 atom stereocenters. The lowest BCUT2D eigenvalue weighted by Crippen LogP contribution is -2.42. The number of aliphatic hydroxyl groups excluding tert-OH is 1. The largest absolute Gasteiger partial charge is 0.494 e. The zero-order chi connectivity index (χ0) is 21.0. The summed E-state index contributed by atoms with van der Waals surface area (Å²) >= 11 is 0. The first-order valence-corrected chi connectivity index (χ1v) is 9.09. The molecule has 1 N–H and O–H groups in total. The molecule has 2 aromatic rings. The maximum Gasteiger partial charge on any atom is 0.329 e. The Morgan fingerprint density at radius 3 is 2.62 bits per heavy atom. The third-order valence-electron chi connectivity index (χ3n) is 4.77. The highest BCUT2D eigenvalue weighted by molar-refractivity contribution is 5.86. The number of benzene rings is 2. The van der Waals surface area contributed by atoms with Gasteiger partial charge in [0.05, 0.1) is 19.6 Å². The molecule has 0 spiro atoms. The van der Waals surface area contributed by atoms with Crippen LogP contribution < -0.4 is 4.74 Å². The number of rotatable bonds is 6. The molecule has 0 aliphatic carbocycles. The van der Waals surface area contributed by atoms with Crippen molar-refractivity contribution in [1.29, 1.82) is 0 Å². The lowest BCUT2D eigenvalue weighted by atomic mass is 10.1. The highest BCUT2D eigenvalue weighted by Gasteiger charge is 2.39. The van der Waals surface area contributed by atoms with Crippen molar-refractivity contribution in [3.8, 4) is 5.75 Å². The Morgan fingerprint density at radius 1 is 1.17 bits per heavy atom. The van der Waals surface area contributed by atoms with Crippen LogP contribution in [-0.4, -0.2) is 47.7 Å². The van der Waals surface area contributed by atoms with E-state index in [1.54, 1.807) is 12.1 Å². The minimum absolute atomic E-state index is 0.0266. The number of likely N-dealkylation sites (tertiary alicyclic amines) is 1. The van der Waals surface area contributed by atoms with Gasteiger partial charge in [0.25, 0.3) is 0 Å². The van der Waals surface area contributed by atoms with Gasteiger partial charge in [-0.1, -0.05) is 24.3 Å². The standard InChI is InChI=1S/C21H21F2NO5/c1-28-19-7-6-13(8-17(19)23)12-29-21(27)18-10-15(25)11-24(18)20(26)9-14-4-2-3-5-16(14)22/h2-8,15,18,25H,9-12H2,1H3. The molecule has 0 radical (unpaired) electrons. The van der Waals surface area contributed by atoms with Gasteiger partial charge < -0.3 is 19.5 Å². The SMILES string of the molecule is COc1ccc(COC(=O)C2CC(O)CN2C(=O)Cc2ccccc2F)cc1F. The molecule has 3 rings (SSSR count). The first-order valence-electron chi connectivity index (χ1n) is 9.09. The van der Waals surface area contributed by atoms with Gasteiger partial charge in [0.2, 0.25) is 5.91 Å². The third kappa shape index (κ3) is 4.89. The monoisotopic (exact) mass is 405 g/mol. The number of carbonyl (C=O) groups excluding carboxylic acids is 2. The summed E-state index contributed by atoms with van der Waals surface area (Å²) in [7, 11) is 1.34. The van der Waals surface area contributed by atoms with E-state index in [9.17, 15) is 23.5 Å². The Hall–Kier alpha value is -3.00. The molecule has 0 saturated carbocycles. The Morgan fingerprint density at radius 2 is 1.93 bits per heavy atom. The second-order valence-electron chi connectivity index (χ2n) is 6.80. The van der Waals surface area contributed by atoms with Gasteiger partial charge >= 0.3 is 5.97 Å². The van der Waals surface area contributed by atoms with Gasteiger partial charge in [0.1, 0.15) is 18.5 Å². The highest BCUT2D eigenvalue weighted by Crippen LogP contribution is 2.23. The average molecular weight is 405 g/mol. The van der Waals surface area contributed by atoms with Crippen molar-refractivity contribution in [2.45, 2.75) is 31.6 Å². The van der Waals surface area contributed by atoms with E-state index in [-0.39, 0.29) is 37.3 Å². The molecule has 6 nitrogen and oxygen atoms in total. The Kier molecular flexibility index (Phi) is 6.43. The van der Waals surface area contributed by atoms with E-state index in [2.05, 4.69) is 0 Å². The smallest absolute Gasteiger partial charge is 0.329 e. The van der Waals surface area contributed by atoms with Crippen LogP contribution in [0.3, 0.4) is 0 Å². The van der Waals surface area contributed by atoms with E-state index in [1.807, 2.05) is 0 Å². The van der Waals surface area contributed by atoms with Crippen molar-refractivity contribution in [3.05, 3.63) is 65.2 Å². The van der Waals surface area contributed by atoms with Crippen molar-refractivity contribution in [1.82, 2.24) is 4.90 Å². The molecule has 29 heavy (non-hydrogen) atoms. The fraction of sp³-hybridized carbons (Fsp3) is 0.333. The molecule has 1 heterocycles. The normalized spacial score (nSPS) is 18.6. The molecule has 8 heteroatoms. The van der Waals surface area contributed by atoms with Crippen LogP contribution in [-0.2, 0) is 27.4 Å². The second-order valence-corrected chi connectivity index (χ2v) is 6.80. The maximum absolute atomic E-state index is 13.8. The van der Waals surface area contributed by atoms with Crippen LogP contribution in [0.4, 0.5) is 8.78 Å². The predicted octanol–water partition coefficient (Wildman–Crippen LogP) is 2.22. The lowest BCUT2D eigenvalue weighted by molar-refractivity contribution is -0.154. The number of hydrogen-bond donors (Lipinski definition) is 1. The maximum atomic E-state index is 13.8. The average Bonchev–Trinajstić information content (AvgIpc) is 3.10. The molecule has 0 bridgehead atoms. The summed E-state index contributed by atoms with van der Waals surface area (Å²) in [6.07, 6.45) is -1.08. The van der Waals surface area contributed by atoms with E-state index in [0.29, 0.717) is 5.56 Å². The number of β-amino-alcohol motifs (C(OH)–C–C–N with tert-alkyl or cyclic N) is 1. The van der Waals surface area contributed by atoms with E-state index in [4.69, 9.17) is 9.47 Å². The van der Waals surface area contributed by atoms with Gasteiger partial charge in [-0.25, -0.2) is 13.6 Å². The van der Waals surface area contributed by atoms with E-state index in [1.165, 1.54) is 42.3 Å². The topological polar surface area (TPSA) is 76.1 Å². The molecular weight excluding hydrogens is 384 g/mol. The number of aliphatic hydroxyl groups is 1. The molecule has 0 aromatic heterocycles. The molecule has 154 valence electrons. The van der Waals surface area contributed by atoms with Gasteiger partial charge in [-0.2, -0.15) is 0 Å². The lowest BCUT2D eigenvalue weighted by Gasteiger charge is -2.23. The molecule has 2 unspecified atom stereocenters. The molecular formula is C21H21F2NO5. The number of nitrogens with zero attached hydrogens (tertiary/aromatic N) is 1. The van der Waals surface area contributed by atoms with Crippen LogP contribution in [0.1, 0.15) is 17.5 Å². The Labute approximate surface area is 166 Å². The number of carbonyl (C=O) groups is 2. The van der Waals surface area contributed by atoms with Gasteiger partial charge in [-0.15, -0.1) is 0 Å². The number of amides is 1. The van der Waals surface area contributed by atoms with E-state index < -0.39 is 35.7 Å². The molecule has 1 saturated heterocycles. The summed E-state index contributed by atoms with van der Waals surface area (Å²) in [6, 6.07) is 9.06. The van der Waals surface area contributed by atoms with Crippen molar-refractivity contribution in [2.75, 3.05) is 13.7 Å². The van der Waals surface area contributed by atoms with Gasteiger partial charge in [0.15, 0.2) is 11.6 Å². The van der Waals surface area contributed by atoms with Gasteiger partial charge in [0, 0.05) is 13.0 Å². The van der Waals surface area contributed by atoms with Crippen LogP contribution in [0.15, 0.2) is 42.5 Å². The summed E-state index contributed by atoms with van der Waals surface area (Å²) in [6.45, 7) is -0.230. The quantitative estimate of drug-likeness (QED) is 0.746. The number of esters is 1. The molecule has 1 aliphatic heterocycles. The number of ether oxygens (including phenoxy) is 2. The van der Waals surface area contributed by atoms with Crippen LogP contribution in [0.25, 0.3) is 0 Å². The minimum Gasteiger partial charge on any atom is -0.494 e.